The number of halogens is 1. The van der Waals surface area contributed by atoms with Gasteiger partial charge in [-0.25, -0.2) is 0 Å². The highest BCUT2D eigenvalue weighted by molar-refractivity contribution is 6.31. The summed E-state index contributed by atoms with van der Waals surface area (Å²) in [6, 6.07) is 8.78. The van der Waals surface area contributed by atoms with E-state index in [0.29, 0.717) is 34.4 Å². The summed E-state index contributed by atoms with van der Waals surface area (Å²) < 4.78 is 15.5. The van der Waals surface area contributed by atoms with Crippen LogP contribution in [0.3, 0.4) is 0 Å². The number of ether oxygens (including phenoxy) is 2. The van der Waals surface area contributed by atoms with Gasteiger partial charge in [0.05, 0.1) is 5.02 Å². The molecule has 0 bridgehead atoms. The van der Waals surface area contributed by atoms with Crippen molar-refractivity contribution in [3.8, 4) is 11.8 Å². The molecule has 2 rings (SSSR count). The Labute approximate surface area is 115 Å². The van der Waals surface area contributed by atoms with Gasteiger partial charge in [-0.15, -0.1) is 0 Å². The molecule has 19 heavy (non-hydrogen) atoms. The molecule has 1 heterocycles. The van der Waals surface area contributed by atoms with Crippen molar-refractivity contribution < 1.29 is 14.0 Å². The minimum Gasteiger partial charge on any atom is -0.486 e. The van der Waals surface area contributed by atoms with Gasteiger partial charge in [0.1, 0.15) is 36.3 Å². The predicted octanol–water partition coefficient (Wildman–Crippen LogP) is 2.93. The Bertz CT molecular complexity index is 604. The van der Waals surface area contributed by atoms with Gasteiger partial charge in [-0.1, -0.05) is 22.8 Å². The lowest BCUT2D eigenvalue weighted by atomic mass is 10.2. The second kappa shape index (κ2) is 6.23. The lowest BCUT2D eigenvalue weighted by Gasteiger charge is -2.06. The molecule has 1 aromatic heterocycles. The number of rotatable bonds is 5. The maximum absolute atomic E-state index is 9.01. The van der Waals surface area contributed by atoms with E-state index in [1.807, 2.05) is 6.07 Å². The van der Waals surface area contributed by atoms with Crippen molar-refractivity contribution >= 4 is 11.6 Å². The zero-order chi connectivity index (χ0) is 13.7. The van der Waals surface area contributed by atoms with Crippen LogP contribution in [0.25, 0.3) is 0 Å². The highest BCUT2D eigenvalue weighted by Gasteiger charge is 2.09. The zero-order valence-electron chi connectivity index (χ0n) is 10.2. The van der Waals surface area contributed by atoms with Crippen molar-refractivity contribution in [2.24, 2.45) is 0 Å². The summed E-state index contributed by atoms with van der Waals surface area (Å²) in [5, 5.41) is 13.2. The van der Waals surface area contributed by atoms with Gasteiger partial charge in [0.2, 0.25) is 0 Å². The monoisotopic (exact) mass is 278 g/mol. The Hall–Kier alpha value is -2.03. The molecule has 0 spiro atoms. The van der Waals surface area contributed by atoms with Gasteiger partial charge in [0, 0.05) is 13.2 Å². The summed E-state index contributed by atoms with van der Waals surface area (Å²) in [6.07, 6.45) is 0. The summed E-state index contributed by atoms with van der Waals surface area (Å²) >= 11 is 5.90. The first kappa shape index (κ1) is 13.4. The van der Waals surface area contributed by atoms with Crippen LogP contribution in [0.4, 0.5) is 0 Å². The summed E-state index contributed by atoms with van der Waals surface area (Å²) in [6.45, 7) is 0.551. The van der Waals surface area contributed by atoms with Crippen molar-refractivity contribution in [3.05, 3.63) is 46.3 Å². The lowest BCUT2D eigenvalue weighted by molar-refractivity contribution is 0.155. The molecule has 0 fully saturated rings. The molecule has 0 atom stereocenters. The summed E-state index contributed by atoms with van der Waals surface area (Å²) in [5.41, 5.74) is 0.931. The van der Waals surface area contributed by atoms with Crippen LogP contribution in [0.2, 0.25) is 5.02 Å². The average molecular weight is 279 g/mol. The Morgan fingerprint density at radius 1 is 1.42 bits per heavy atom. The fourth-order valence-electron chi connectivity index (χ4n) is 1.52. The zero-order valence-corrected chi connectivity index (χ0v) is 11.0. The van der Waals surface area contributed by atoms with E-state index in [1.165, 1.54) is 0 Å². The van der Waals surface area contributed by atoms with E-state index in [4.69, 9.17) is 30.9 Å². The van der Waals surface area contributed by atoms with Gasteiger partial charge >= 0.3 is 0 Å². The Kier molecular flexibility index (Phi) is 4.39. The molecule has 0 amide bonds. The molecule has 0 aliphatic carbocycles. The van der Waals surface area contributed by atoms with Crippen molar-refractivity contribution in [1.82, 2.24) is 5.16 Å². The molecular formula is C13H11ClN2O3. The first-order valence-electron chi connectivity index (χ1n) is 5.49. The van der Waals surface area contributed by atoms with Gasteiger partial charge in [-0.3, -0.25) is 0 Å². The van der Waals surface area contributed by atoms with Crippen LogP contribution in [0, 0.1) is 11.3 Å². The SMILES string of the molecule is COCc1cc(COc2cccc(Cl)c2C#N)no1. The third kappa shape index (κ3) is 3.25. The van der Waals surface area contributed by atoms with Crippen molar-refractivity contribution in [1.29, 1.82) is 5.26 Å². The molecule has 0 radical (unpaired) electrons. The number of benzene rings is 1. The van der Waals surface area contributed by atoms with Crippen LogP contribution in [-0.4, -0.2) is 12.3 Å². The summed E-state index contributed by atoms with van der Waals surface area (Å²) in [5.74, 6) is 1.04. The van der Waals surface area contributed by atoms with E-state index < -0.39 is 0 Å². The molecule has 0 aliphatic heterocycles. The molecule has 1 aromatic carbocycles. The molecule has 0 unspecified atom stereocenters. The number of nitrogens with zero attached hydrogens (tertiary/aromatic N) is 2. The van der Waals surface area contributed by atoms with Gasteiger partial charge in [0.15, 0.2) is 5.76 Å². The second-order valence-corrected chi connectivity index (χ2v) is 4.14. The largest absolute Gasteiger partial charge is 0.486 e. The molecule has 0 saturated carbocycles. The van der Waals surface area contributed by atoms with Crippen LogP contribution < -0.4 is 4.74 Å². The molecule has 5 nitrogen and oxygen atoms in total. The summed E-state index contributed by atoms with van der Waals surface area (Å²) in [4.78, 5) is 0. The van der Waals surface area contributed by atoms with E-state index in [1.54, 1.807) is 31.4 Å². The normalized spacial score (nSPS) is 10.2. The van der Waals surface area contributed by atoms with Gasteiger partial charge in [0.25, 0.3) is 0 Å². The van der Waals surface area contributed by atoms with Gasteiger partial charge in [-0.05, 0) is 12.1 Å². The van der Waals surface area contributed by atoms with E-state index in [0.717, 1.165) is 0 Å². The van der Waals surface area contributed by atoms with Crippen molar-refractivity contribution in [2.45, 2.75) is 13.2 Å². The quantitative estimate of drug-likeness (QED) is 0.841. The second-order valence-electron chi connectivity index (χ2n) is 3.73. The fraction of sp³-hybridized carbons (Fsp3) is 0.231. The third-order valence-electron chi connectivity index (χ3n) is 2.36. The Morgan fingerprint density at radius 3 is 3.00 bits per heavy atom. The van der Waals surface area contributed by atoms with E-state index in [-0.39, 0.29) is 6.61 Å². The number of nitriles is 1. The van der Waals surface area contributed by atoms with Crippen LogP contribution in [0.1, 0.15) is 17.0 Å². The highest BCUT2D eigenvalue weighted by Crippen LogP contribution is 2.26. The van der Waals surface area contributed by atoms with E-state index in [9.17, 15) is 0 Å². The van der Waals surface area contributed by atoms with Crippen LogP contribution in [0.5, 0.6) is 5.75 Å². The minimum absolute atomic E-state index is 0.197. The van der Waals surface area contributed by atoms with Gasteiger partial charge in [-0.2, -0.15) is 5.26 Å². The number of aromatic nitrogens is 1. The summed E-state index contributed by atoms with van der Waals surface area (Å²) in [7, 11) is 1.57. The number of hydrogen-bond donors (Lipinski definition) is 0. The van der Waals surface area contributed by atoms with Crippen LogP contribution >= 0.6 is 11.6 Å². The molecule has 0 N–H and O–H groups in total. The lowest BCUT2D eigenvalue weighted by Crippen LogP contribution is -1.97. The maximum Gasteiger partial charge on any atom is 0.162 e. The Balaban J connectivity index is 2.06. The number of hydrogen-bond acceptors (Lipinski definition) is 5. The topological polar surface area (TPSA) is 68.3 Å². The van der Waals surface area contributed by atoms with Crippen LogP contribution in [0.15, 0.2) is 28.8 Å². The third-order valence-corrected chi connectivity index (χ3v) is 2.67. The molecular weight excluding hydrogens is 268 g/mol. The fourth-order valence-corrected chi connectivity index (χ4v) is 1.73. The molecule has 2 aromatic rings. The maximum atomic E-state index is 9.01. The number of methoxy groups -OCH3 is 1. The molecule has 6 heteroatoms. The van der Waals surface area contributed by atoms with Gasteiger partial charge < -0.3 is 14.0 Å². The van der Waals surface area contributed by atoms with E-state index in [2.05, 4.69) is 5.16 Å². The predicted molar refractivity (Wildman–Crippen MR) is 67.7 cm³/mol. The first-order valence-corrected chi connectivity index (χ1v) is 5.87. The standard InChI is InChI=1S/C13H11ClN2O3/c1-17-8-10-5-9(16-19-10)7-18-13-4-2-3-12(14)11(13)6-15/h2-5H,7-8H2,1H3. The average Bonchev–Trinajstić information content (AvgIpc) is 2.84. The minimum atomic E-state index is 0.197. The molecule has 98 valence electrons. The Morgan fingerprint density at radius 2 is 2.26 bits per heavy atom. The van der Waals surface area contributed by atoms with E-state index >= 15 is 0 Å². The van der Waals surface area contributed by atoms with Crippen molar-refractivity contribution in [3.63, 3.8) is 0 Å². The molecule has 0 saturated heterocycles. The first-order chi connectivity index (χ1) is 9.24. The molecule has 0 aliphatic rings. The smallest absolute Gasteiger partial charge is 0.162 e. The van der Waals surface area contributed by atoms with Crippen LogP contribution in [-0.2, 0) is 18.0 Å². The van der Waals surface area contributed by atoms with Crippen molar-refractivity contribution in [2.75, 3.05) is 7.11 Å². The highest BCUT2D eigenvalue weighted by atomic mass is 35.5.